The Labute approximate surface area is 152 Å². The Balaban J connectivity index is 2.20. The molecule has 126 valence electrons. The number of hydrazone groups is 1. The lowest BCUT2D eigenvalue weighted by atomic mass is 10.2. The van der Waals surface area contributed by atoms with Crippen molar-refractivity contribution >= 4 is 52.6 Å². The summed E-state index contributed by atoms with van der Waals surface area (Å²) in [7, 11) is 1.42. The molecule has 0 spiro atoms. The molecule has 1 heterocycles. The summed E-state index contributed by atoms with van der Waals surface area (Å²) < 4.78 is 4.97. The van der Waals surface area contributed by atoms with E-state index in [1.807, 2.05) is 0 Å². The predicted octanol–water partition coefficient (Wildman–Crippen LogP) is 2.52. The molecule has 1 aromatic carbocycles. The van der Waals surface area contributed by atoms with Crippen LogP contribution in [0, 0.1) is 0 Å². The zero-order chi connectivity index (χ0) is 17.9. The Hall–Kier alpha value is -2.22. The number of halogens is 3. The minimum Gasteiger partial charge on any atom is -0.504 e. The number of carbonyl (C=O) groups is 1. The van der Waals surface area contributed by atoms with E-state index >= 15 is 0 Å². The van der Waals surface area contributed by atoms with Gasteiger partial charge in [-0.25, -0.2) is 5.43 Å². The van der Waals surface area contributed by atoms with E-state index in [0.29, 0.717) is 5.56 Å². The van der Waals surface area contributed by atoms with E-state index in [9.17, 15) is 9.90 Å². The highest BCUT2D eigenvalue weighted by Gasteiger charge is 2.25. The topological polar surface area (TPSA) is 111 Å². The number of benzene rings is 1. The molecule has 0 saturated carbocycles. The molecular weight excluding hydrogens is 379 g/mol. The molecule has 24 heavy (non-hydrogen) atoms. The summed E-state index contributed by atoms with van der Waals surface area (Å²) in [6, 6.07) is 4.83. The van der Waals surface area contributed by atoms with Crippen molar-refractivity contribution in [2.75, 3.05) is 12.8 Å². The lowest BCUT2D eigenvalue weighted by molar-refractivity contribution is -0.379. The van der Waals surface area contributed by atoms with E-state index in [2.05, 4.69) is 15.5 Å². The maximum absolute atomic E-state index is 12.1. The van der Waals surface area contributed by atoms with Crippen LogP contribution in [0.5, 0.6) is 11.5 Å². The second kappa shape index (κ2) is 7.57. The highest BCUT2D eigenvalue weighted by molar-refractivity contribution is 6.45. The van der Waals surface area contributed by atoms with E-state index in [0.717, 1.165) is 0 Å². The normalized spacial score (nSPS) is 10.8. The lowest BCUT2D eigenvalue weighted by Crippen LogP contribution is -2.28. The third-order valence-electron chi connectivity index (χ3n) is 2.97. The van der Waals surface area contributed by atoms with Crippen molar-refractivity contribution in [3.8, 4) is 11.5 Å². The predicted molar refractivity (Wildman–Crippen MR) is 92.2 cm³/mol. The van der Waals surface area contributed by atoms with Crippen LogP contribution >= 0.6 is 34.8 Å². The summed E-state index contributed by atoms with van der Waals surface area (Å²) in [6.07, 6.45) is 1.24. The Bertz CT molecular complexity index is 827. The number of aromatic amines is 1. The minimum atomic E-state index is -0.691. The molecule has 0 bridgehead atoms. The lowest BCUT2D eigenvalue weighted by Gasteiger charge is -2.05. The average molecular weight is 391 g/mol. The van der Waals surface area contributed by atoms with Crippen LogP contribution in [-0.2, 0) is 0 Å². The van der Waals surface area contributed by atoms with Crippen LogP contribution in [0.25, 0.3) is 0 Å². The van der Waals surface area contributed by atoms with Gasteiger partial charge in [0, 0.05) is 5.56 Å². The number of phenolic OH excluding ortho intramolecular Hbond substituents is 1. The van der Waals surface area contributed by atoms with Gasteiger partial charge in [0.2, 0.25) is 0 Å². The van der Waals surface area contributed by atoms with Crippen LogP contribution in [0.3, 0.4) is 0 Å². The maximum atomic E-state index is 12.1. The van der Waals surface area contributed by atoms with Crippen molar-refractivity contribution < 1.29 is 19.6 Å². The number of aromatic hydroxyl groups is 1. The number of methoxy groups -OCH3 is 1. The molecule has 0 aliphatic carbocycles. The van der Waals surface area contributed by atoms with Gasteiger partial charge in [0.25, 0.3) is 10.8 Å². The molecule has 2 rings (SSSR count). The molecule has 0 unspecified atom stereocenters. The highest BCUT2D eigenvalue weighted by Crippen LogP contribution is 2.32. The first-order valence-electron chi connectivity index (χ1n) is 6.41. The molecule has 0 fully saturated rings. The largest absolute Gasteiger partial charge is 0.504 e. The number of anilines is 1. The second-order valence-corrected chi connectivity index (χ2v) is 5.59. The minimum absolute atomic E-state index is 0.0167. The van der Waals surface area contributed by atoms with Gasteiger partial charge in [-0.15, -0.1) is 0 Å². The van der Waals surface area contributed by atoms with Gasteiger partial charge in [-0.05, 0) is 23.7 Å². The Kier molecular flexibility index (Phi) is 5.71. The third kappa shape index (κ3) is 3.64. The number of para-hydroxylation sites is 1. The molecule has 0 aliphatic heterocycles. The van der Waals surface area contributed by atoms with Gasteiger partial charge in [0.05, 0.1) is 19.0 Å². The number of nitrogens with one attached hydrogen (secondary N) is 2. The van der Waals surface area contributed by atoms with Gasteiger partial charge in [0.15, 0.2) is 11.5 Å². The number of nitrogens with two attached hydrogens (primary N) is 1. The van der Waals surface area contributed by atoms with E-state index < -0.39 is 5.91 Å². The summed E-state index contributed by atoms with van der Waals surface area (Å²) in [5.74, 6) is -0.524. The number of hydrogen-bond acceptors (Lipinski definition) is 5. The number of carbonyl (C=O) groups excluding carboxylic acids is 1. The Morgan fingerprint density at radius 2 is 2.08 bits per heavy atom. The van der Waals surface area contributed by atoms with E-state index in [1.54, 1.807) is 18.2 Å². The van der Waals surface area contributed by atoms with Gasteiger partial charge < -0.3 is 15.6 Å². The number of nitrogens with zero attached hydrogens (tertiary/aromatic N) is 1. The number of rotatable bonds is 4. The third-order valence-corrected chi connectivity index (χ3v) is 4.13. The molecule has 10 heteroatoms. The summed E-state index contributed by atoms with van der Waals surface area (Å²) >= 11 is 17.6. The molecule has 2 aromatic rings. The SMILES string of the molecule is COc1cccc(/C=N/NC(=O)c2[nH+]c(Cl)c(Cl)c(N)c2Cl)c1O. The molecule has 7 nitrogen and oxygen atoms in total. The zero-order valence-corrected chi connectivity index (χ0v) is 14.5. The van der Waals surface area contributed by atoms with Gasteiger partial charge in [-0.2, -0.15) is 10.1 Å². The monoisotopic (exact) mass is 389 g/mol. The fraction of sp³-hybridized carbons (Fsp3) is 0.0714. The van der Waals surface area contributed by atoms with Gasteiger partial charge in [-0.3, -0.25) is 4.79 Å². The molecule has 0 atom stereocenters. The van der Waals surface area contributed by atoms with Crippen molar-refractivity contribution in [1.29, 1.82) is 0 Å². The van der Waals surface area contributed by atoms with Crippen LogP contribution < -0.4 is 20.9 Å². The van der Waals surface area contributed by atoms with E-state index in [1.165, 1.54) is 13.3 Å². The first kappa shape index (κ1) is 18.1. The van der Waals surface area contributed by atoms with Crippen molar-refractivity contribution in [3.63, 3.8) is 0 Å². The summed E-state index contributed by atoms with van der Waals surface area (Å²) in [4.78, 5) is 14.6. The fourth-order valence-corrected chi connectivity index (χ4v) is 2.36. The number of aromatic nitrogens is 1. The first-order valence-corrected chi connectivity index (χ1v) is 7.54. The van der Waals surface area contributed by atoms with Crippen LogP contribution in [0.4, 0.5) is 5.69 Å². The molecule has 1 amide bonds. The summed E-state index contributed by atoms with van der Waals surface area (Å²) in [5, 5.41) is 13.6. The quantitative estimate of drug-likeness (QED) is 0.423. The van der Waals surface area contributed by atoms with Crippen molar-refractivity contribution in [2.24, 2.45) is 5.10 Å². The number of hydrogen-bond donors (Lipinski definition) is 3. The molecular formula is C14H12Cl3N4O3+. The Morgan fingerprint density at radius 3 is 2.75 bits per heavy atom. The fourth-order valence-electron chi connectivity index (χ4n) is 1.75. The number of nitrogen functional groups attached to an aromatic ring is 1. The van der Waals surface area contributed by atoms with Crippen molar-refractivity contribution in [2.45, 2.75) is 0 Å². The van der Waals surface area contributed by atoms with Crippen LogP contribution in [0.2, 0.25) is 15.2 Å². The maximum Gasteiger partial charge on any atom is 0.337 e. The standard InChI is InChI=1S/C14H11Cl3N4O3/c1-24-7-4-2-3-6(12(7)22)5-19-21-14(23)11-8(15)10(18)9(16)13(17)20-11/h2-5,22H,1H3,(H2,18,20)(H,21,23)/p+1/b19-5+. The highest BCUT2D eigenvalue weighted by atomic mass is 35.5. The zero-order valence-electron chi connectivity index (χ0n) is 12.2. The van der Waals surface area contributed by atoms with Crippen molar-refractivity contribution in [1.82, 2.24) is 5.43 Å². The first-order chi connectivity index (χ1) is 11.4. The number of phenols is 1. The van der Waals surface area contributed by atoms with Gasteiger partial charge in [-0.1, -0.05) is 29.3 Å². The number of pyridine rings is 1. The van der Waals surface area contributed by atoms with E-state index in [-0.39, 0.29) is 38.1 Å². The number of H-pyrrole nitrogens is 1. The van der Waals surface area contributed by atoms with E-state index in [4.69, 9.17) is 45.3 Å². The van der Waals surface area contributed by atoms with Crippen molar-refractivity contribution in [3.05, 3.63) is 44.7 Å². The van der Waals surface area contributed by atoms with Gasteiger partial charge >= 0.3 is 5.91 Å². The average Bonchev–Trinajstić information content (AvgIpc) is 2.57. The van der Waals surface area contributed by atoms with Gasteiger partial charge in [0.1, 0.15) is 10.0 Å². The van der Waals surface area contributed by atoms with Crippen LogP contribution in [0.1, 0.15) is 16.1 Å². The molecule has 0 aliphatic rings. The summed E-state index contributed by atoms with van der Waals surface area (Å²) in [6.45, 7) is 0. The molecule has 5 N–H and O–H groups in total. The number of ether oxygens (including phenoxy) is 1. The molecule has 1 aromatic heterocycles. The molecule has 0 radical (unpaired) electrons. The molecule has 0 saturated heterocycles. The second-order valence-electron chi connectivity index (χ2n) is 4.45. The summed E-state index contributed by atoms with van der Waals surface area (Å²) in [5.41, 5.74) is 8.11. The Morgan fingerprint density at radius 1 is 1.38 bits per heavy atom. The smallest absolute Gasteiger partial charge is 0.337 e. The van der Waals surface area contributed by atoms with Crippen LogP contribution in [0.15, 0.2) is 23.3 Å². The number of amides is 1. The van der Waals surface area contributed by atoms with Crippen LogP contribution in [-0.4, -0.2) is 24.3 Å².